The van der Waals surface area contributed by atoms with Gasteiger partial charge in [0.1, 0.15) is 24.7 Å². The van der Waals surface area contributed by atoms with Crippen LogP contribution >= 0.6 is 11.6 Å². The van der Waals surface area contributed by atoms with Crippen LogP contribution < -0.4 is 15.8 Å². The van der Waals surface area contributed by atoms with E-state index in [4.69, 9.17) is 22.1 Å². The van der Waals surface area contributed by atoms with Crippen molar-refractivity contribution in [1.82, 2.24) is 14.9 Å². The normalized spacial score (nSPS) is 12.1. The van der Waals surface area contributed by atoms with E-state index < -0.39 is 0 Å². The second-order valence-electron chi connectivity index (χ2n) is 6.46. The summed E-state index contributed by atoms with van der Waals surface area (Å²) >= 11 is 5.90. The zero-order valence-electron chi connectivity index (χ0n) is 15.2. The zero-order chi connectivity index (χ0) is 19.2. The molecule has 3 N–H and O–H groups in total. The number of halogens is 1. The van der Waals surface area contributed by atoms with Crippen LogP contribution in [0, 0.1) is 0 Å². The maximum absolute atomic E-state index is 12.3. The Bertz CT molecular complexity index is 906. The lowest BCUT2D eigenvalue weighted by Crippen LogP contribution is -2.32. The lowest BCUT2D eigenvalue weighted by Gasteiger charge is -2.12. The number of hydrogen-bond donors (Lipinski definition) is 2. The highest BCUT2D eigenvalue weighted by atomic mass is 35.5. The van der Waals surface area contributed by atoms with Crippen molar-refractivity contribution < 1.29 is 9.53 Å². The van der Waals surface area contributed by atoms with Crippen molar-refractivity contribution in [2.75, 3.05) is 6.54 Å². The van der Waals surface area contributed by atoms with Gasteiger partial charge >= 0.3 is 0 Å². The van der Waals surface area contributed by atoms with Gasteiger partial charge < -0.3 is 20.4 Å². The average Bonchev–Trinajstić information content (AvgIpc) is 2.98. The van der Waals surface area contributed by atoms with E-state index in [1.807, 2.05) is 35.8 Å². The van der Waals surface area contributed by atoms with Gasteiger partial charge in [-0.2, -0.15) is 0 Å². The maximum Gasteiger partial charge on any atom is 0.240 e. The predicted molar refractivity (Wildman–Crippen MR) is 107 cm³/mol. The van der Waals surface area contributed by atoms with E-state index in [1.165, 1.54) is 0 Å². The molecule has 142 valence electrons. The van der Waals surface area contributed by atoms with Gasteiger partial charge in [0.15, 0.2) is 0 Å². The van der Waals surface area contributed by atoms with E-state index in [0.717, 1.165) is 17.5 Å². The van der Waals surface area contributed by atoms with Gasteiger partial charge in [-0.25, -0.2) is 4.98 Å². The lowest BCUT2D eigenvalue weighted by molar-refractivity contribution is -0.121. The van der Waals surface area contributed by atoms with Crippen molar-refractivity contribution >= 4 is 28.5 Å². The lowest BCUT2D eigenvalue weighted by atomic mass is 10.2. The van der Waals surface area contributed by atoms with E-state index in [1.54, 1.807) is 24.3 Å². The molecular weight excluding hydrogens is 364 g/mol. The fourth-order valence-corrected chi connectivity index (χ4v) is 2.86. The Kier molecular flexibility index (Phi) is 6.32. The molecule has 0 fully saturated rings. The number of imidazole rings is 1. The van der Waals surface area contributed by atoms with E-state index in [0.29, 0.717) is 23.1 Å². The first kappa shape index (κ1) is 19.2. The molecule has 1 unspecified atom stereocenters. The first-order valence-corrected chi connectivity index (χ1v) is 9.25. The summed E-state index contributed by atoms with van der Waals surface area (Å²) in [5.74, 6) is 1.31. The Morgan fingerprint density at radius 3 is 2.74 bits per heavy atom. The summed E-state index contributed by atoms with van der Waals surface area (Å²) in [4.78, 5) is 17.0. The molecule has 1 amide bonds. The number of fused-ring (bicyclic) bond motifs is 1. The summed E-state index contributed by atoms with van der Waals surface area (Å²) in [6, 6.07) is 14.9. The third-order valence-corrected chi connectivity index (χ3v) is 4.39. The largest absolute Gasteiger partial charge is 0.486 e. The quantitative estimate of drug-likeness (QED) is 0.623. The number of amides is 1. The molecule has 1 atom stereocenters. The molecule has 27 heavy (non-hydrogen) atoms. The van der Waals surface area contributed by atoms with Gasteiger partial charge in [-0.3, -0.25) is 4.79 Å². The molecule has 2 aromatic carbocycles. The minimum absolute atomic E-state index is 0.0581. The number of rotatable bonds is 8. The van der Waals surface area contributed by atoms with Crippen molar-refractivity contribution in [2.24, 2.45) is 5.73 Å². The fourth-order valence-electron chi connectivity index (χ4n) is 2.73. The van der Waals surface area contributed by atoms with Gasteiger partial charge in [0.05, 0.1) is 11.0 Å². The van der Waals surface area contributed by atoms with Crippen molar-refractivity contribution in [3.05, 3.63) is 59.4 Å². The number of hydrogen-bond acceptors (Lipinski definition) is 4. The number of carbonyl (C=O) groups excluding carboxylic acids is 1. The van der Waals surface area contributed by atoms with Crippen molar-refractivity contribution in [1.29, 1.82) is 0 Å². The first-order valence-electron chi connectivity index (χ1n) is 8.87. The molecule has 0 saturated carbocycles. The van der Waals surface area contributed by atoms with Crippen LogP contribution in [0.2, 0.25) is 5.02 Å². The summed E-state index contributed by atoms with van der Waals surface area (Å²) in [7, 11) is 0. The van der Waals surface area contributed by atoms with Gasteiger partial charge in [-0.1, -0.05) is 23.7 Å². The molecule has 3 rings (SSSR count). The predicted octanol–water partition coefficient (Wildman–Crippen LogP) is 3.12. The number of benzene rings is 2. The molecule has 0 radical (unpaired) electrons. The van der Waals surface area contributed by atoms with Crippen LogP contribution in [0.5, 0.6) is 5.75 Å². The number of ether oxygens (including phenoxy) is 1. The summed E-state index contributed by atoms with van der Waals surface area (Å²) in [6.07, 6.45) is 0.739. The Morgan fingerprint density at radius 2 is 2.00 bits per heavy atom. The minimum atomic E-state index is -0.0773. The monoisotopic (exact) mass is 386 g/mol. The SMILES string of the molecule is CC(N)CCNC(=O)Cn1c(COc2ccc(Cl)cc2)nc2ccccc21. The van der Waals surface area contributed by atoms with Crippen LogP contribution in [0.25, 0.3) is 11.0 Å². The van der Waals surface area contributed by atoms with Crippen LogP contribution in [-0.4, -0.2) is 28.0 Å². The molecule has 0 spiro atoms. The number of carbonyl (C=O) groups is 1. The molecule has 6 nitrogen and oxygen atoms in total. The minimum Gasteiger partial charge on any atom is -0.486 e. The third kappa shape index (κ3) is 5.21. The maximum atomic E-state index is 12.3. The first-order chi connectivity index (χ1) is 13.0. The van der Waals surface area contributed by atoms with Crippen LogP contribution in [0.4, 0.5) is 0 Å². The molecular formula is C20H23ClN4O2. The van der Waals surface area contributed by atoms with Crippen LogP contribution in [0.3, 0.4) is 0 Å². The molecule has 0 aliphatic rings. The Morgan fingerprint density at radius 1 is 1.26 bits per heavy atom. The summed E-state index contributed by atoms with van der Waals surface area (Å²) in [6.45, 7) is 2.91. The number of nitrogens with one attached hydrogen (secondary N) is 1. The second kappa shape index (κ2) is 8.88. The van der Waals surface area contributed by atoms with Crippen molar-refractivity contribution in [3.8, 4) is 5.75 Å². The van der Waals surface area contributed by atoms with Gasteiger partial charge in [0.2, 0.25) is 5.91 Å². The summed E-state index contributed by atoms with van der Waals surface area (Å²) < 4.78 is 7.70. The van der Waals surface area contributed by atoms with Crippen LogP contribution in [-0.2, 0) is 17.9 Å². The van der Waals surface area contributed by atoms with E-state index in [9.17, 15) is 4.79 Å². The second-order valence-corrected chi connectivity index (χ2v) is 6.90. The van der Waals surface area contributed by atoms with Crippen LogP contribution in [0.15, 0.2) is 48.5 Å². The summed E-state index contributed by atoms with van der Waals surface area (Å²) in [5, 5.41) is 3.55. The van der Waals surface area contributed by atoms with Gasteiger partial charge in [-0.05, 0) is 49.7 Å². The number of para-hydroxylation sites is 2. The smallest absolute Gasteiger partial charge is 0.240 e. The molecule has 0 bridgehead atoms. The highest BCUT2D eigenvalue weighted by Crippen LogP contribution is 2.20. The Balaban J connectivity index is 1.74. The molecule has 7 heteroatoms. The number of nitrogens with zero attached hydrogens (tertiary/aromatic N) is 2. The highest BCUT2D eigenvalue weighted by Gasteiger charge is 2.14. The van der Waals surface area contributed by atoms with Crippen molar-refractivity contribution in [2.45, 2.75) is 32.5 Å². The Hall–Kier alpha value is -2.57. The summed E-state index contributed by atoms with van der Waals surface area (Å²) in [5.41, 5.74) is 7.45. The van der Waals surface area contributed by atoms with Crippen molar-refractivity contribution in [3.63, 3.8) is 0 Å². The third-order valence-electron chi connectivity index (χ3n) is 4.14. The highest BCUT2D eigenvalue weighted by molar-refractivity contribution is 6.30. The zero-order valence-corrected chi connectivity index (χ0v) is 15.9. The topological polar surface area (TPSA) is 82.2 Å². The number of aromatic nitrogens is 2. The molecule has 0 aliphatic carbocycles. The van der Waals surface area contributed by atoms with Gasteiger partial charge in [0.25, 0.3) is 0 Å². The Labute approximate surface area is 163 Å². The molecule has 3 aromatic rings. The molecule has 1 aromatic heterocycles. The van der Waals surface area contributed by atoms with Gasteiger partial charge in [-0.15, -0.1) is 0 Å². The number of nitrogens with two attached hydrogens (primary N) is 1. The van der Waals surface area contributed by atoms with E-state index in [-0.39, 0.29) is 25.1 Å². The molecule has 0 saturated heterocycles. The fraction of sp³-hybridized carbons (Fsp3) is 0.300. The standard InChI is InChI=1S/C20H23ClN4O2/c1-14(22)10-11-23-20(26)12-25-18-5-3-2-4-17(18)24-19(25)13-27-16-8-6-15(21)7-9-16/h2-9,14H,10-13,22H2,1H3,(H,23,26). The molecule has 1 heterocycles. The average molecular weight is 387 g/mol. The molecule has 0 aliphatic heterocycles. The van der Waals surface area contributed by atoms with E-state index >= 15 is 0 Å². The van der Waals surface area contributed by atoms with E-state index in [2.05, 4.69) is 10.3 Å². The van der Waals surface area contributed by atoms with Crippen LogP contribution in [0.1, 0.15) is 19.2 Å². The van der Waals surface area contributed by atoms with Gasteiger partial charge in [0, 0.05) is 17.6 Å².